The molecule has 0 spiro atoms. The Morgan fingerprint density at radius 1 is 1.43 bits per heavy atom. The first-order valence-corrected chi connectivity index (χ1v) is 4.64. The van der Waals surface area contributed by atoms with Crippen LogP contribution in [0, 0.1) is 0 Å². The molecule has 0 aromatic heterocycles. The zero-order valence-corrected chi connectivity index (χ0v) is 8.32. The molecule has 0 saturated carbocycles. The summed E-state index contributed by atoms with van der Waals surface area (Å²) in [6.45, 7) is 1.20. The van der Waals surface area contributed by atoms with E-state index in [9.17, 15) is 4.79 Å². The van der Waals surface area contributed by atoms with Gasteiger partial charge in [0.25, 0.3) is 0 Å². The summed E-state index contributed by atoms with van der Waals surface area (Å²) in [5.41, 5.74) is 1.16. The van der Waals surface area contributed by atoms with E-state index < -0.39 is 0 Å². The third kappa shape index (κ3) is 3.18. The molecule has 0 unspecified atom stereocenters. The van der Waals surface area contributed by atoms with Gasteiger partial charge in [-0.25, -0.2) is 0 Å². The lowest BCUT2D eigenvalue weighted by atomic mass is 10.1. The van der Waals surface area contributed by atoms with E-state index in [1.54, 1.807) is 7.11 Å². The van der Waals surface area contributed by atoms with Gasteiger partial charge in [0.2, 0.25) is 0 Å². The van der Waals surface area contributed by atoms with Crippen LogP contribution >= 0.6 is 0 Å². The van der Waals surface area contributed by atoms with E-state index >= 15 is 0 Å². The number of rotatable bonds is 6. The van der Waals surface area contributed by atoms with Crippen molar-refractivity contribution >= 4 is 6.29 Å². The highest BCUT2D eigenvalue weighted by Crippen LogP contribution is 2.16. The van der Waals surface area contributed by atoms with Crippen molar-refractivity contribution in [3.63, 3.8) is 0 Å². The van der Waals surface area contributed by atoms with Gasteiger partial charge in [0.15, 0.2) is 0 Å². The summed E-state index contributed by atoms with van der Waals surface area (Å²) in [5.74, 6) is 0.903. The molecular weight excluding hydrogens is 178 g/mol. The Labute approximate surface area is 84.1 Å². The Balaban J connectivity index is 2.44. The van der Waals surface area contributed by atoms with Crippen molar-refractivity contribution in [2.75, 3.05) is 20.2 Å². The number of nitrogens with one attached hydrogen (secondary N) is 1. The topological polar surface area (TPSA) is 38.3 Å². The number of hydrogen-bond acceptors (Lipinski definition) is 3. The van der Waals surface area contributed by atoms with Crippen LogP contribution < -0.4 is 10.1 Å². The first kappa shape index (κ1) is 10.7. The van der Waals surface area contributed by atoms with Crippen molar-refractivity contribution in [2.24, 2.45) is 0 Å². The maximum atomic E-state index is 10.1. The zero-order chi connectivity index (χ0) is 10.2. The second-order valence-electron chi connectivity index (χ2n) is 2.93. The number of benzene rings is 1. The first-order chi connectivity index (χ1) is 6.88. The fraction of sp³-hybridized carbons (Fsp3) is 0.364. The third-order valence-corrected chi connectivity index (χ3v) is 1.99. The minimum Gasteiger partial charge on any atom is -0.496 e. The highest BCUT2D eigenvalue weighted by atomic mass is 16.5. The molecule has 0 amide bonds. The highest BCUT2D eigenvalue weighted by molar-refractivity contribution is 5.51. The molecule has 1 rings (SSSR count). The number of para-hydroxylation sites is 1. The van der Waals surface area contributed by atoms with Gasteiger partial charge in [-0.2, -0.15) is 0 Å². The molecule has 1 aromatic carbocycles. The van der Waals surface area contributed by atoms with Gasteiger partial charge in [0.1, 0.15) is 12.0 Å². The molecule has 0 saturated heterocycles. The van der Waals surface area contributed by atoms with Gasteiger partial charge in [0.05, 0.1) is 13.7 Å². The number of ether oxygens (including phenoxy) is 1. The maximum Gasteiger partial charge on any atom is 0.133 e. The monoisotopic (exact) mass is 193 g/mol. The fourth-order valence-corrected chi connectivity index (χ4v) is 1.29. The lowest BCUT2D eigenvalue weighted by Gasteiger charge is -2.07. The van der Waals surface area contributed by atoms with Gasteiger partial charge in [-0.05, 0) is 24.6 Å². The van der Waals surface area contributed by atoms with Gasteiger partial charge in [-0.3, -0.25) is 0 Å². The van der Waals surface area contributed by atoms with E-state index in [-0.39, 0.29) is 0 Å². The molecule has 3 nitrogen and oxygen atoms in total. The molecule has 14 heavy (non-hydrogen) atoms. The van der Waals surface area contributed by atoms with Crippen LogP contribution in [-0.2, 0) is 11.2 Å². The summed E-state index contributed by atoms with van der Waals surface area (Å²) in [6.07, 6.45) is 1.74. The summed E-state index contributed by atoms with van der Waals surface area (Å²) in [4.78, 5) is 10.1. The molecule has 76 valence electrons. The number of aldehydes is 1. The molecule has 1 N–H and O–H groups in total. The summed E-state index contributed by atoms with van der Waals surface area (Å²) >= 11 is 0. The molecule has 0 fully saturated rings. The summed E-state index contributed by atoms with van der Waals surface area (Å²) in [5, 5.41) is 3.01. The molecule has 0 aliphatic carbocycles. The van der Waals surface area contributed by atoms with Crippen LogP contribution in [0.5, 0.6) is 5.75 Å². The molecule has 0 heterocycles. The predicted octanol–water partition coefficient (Wildman–Crippen LogP) is 1.03. The molecule has 0 atom stereocenters. The molecule has 1 aromatic rings. The van der Waals surface area contributed by atoms with Crippen LogP contribution in [-0.4, -0.2) is 26.5 Å². The molecule has 0 aliphatic heterocycles. The Kier molecular flexibility index (Phi) is 4.72. The van der Waals surface area contributed by atoms with Crippen molar-refractivity contribution in [3.05, 3.63) is 29.8 Å². The van der Waals surface area contributed by atoms with Crippen LogP contribution in [0.2, 0.25) is 0 Å². The van der Waals surface area contributed by atoms with Crippen LogP contribution in [0.1, 0.15) is 5.56 Å². The zero-order valence-electron chi connectivity index (χ0n) is 8.32. The van der Waals surface area contributed by atoms with Crippen molar-refractivity contribution in [1.82, 2.24) is 5.32 Å². The smallest absolute Gasteiger partial charge is 0.133 e. The molecule has 0 bridgehead atoms. The summed E-state index contributed by atoms with van der Waals surface area (Å²) in [7, 11) is 1.66. The fourth-order valence-electron chi connectivity index (χ4n) is 1.29. The Morgan fingerprint density at radius 3 is 2.93 bits per heavy atom. The van der Waals surface area contributed by atoms with E-state index in [0.717, 1.165) is 30.6 Å². The highest BCUT2D eigenvalue weighted by Gasteiger charge is 1.99. The van der Waals surface area contributed by atoms with E-state index in [4.69, 9.17) is 4.74 Å². The van der Waals surface area contributed by atoms with Crippen LogP contribution in [0.3, 0.4) is 0 Å². The quantitative estimate of drug-likeness (QED) is 0.541. The van der Waals surface area contributed by atoms with Crippen LogP contribution in [0.25, 0.3) is 0 Å². The van der Waals surface area contributed by atoms with Crippen molar-refractivity contribution < 1.29 is 9.53 Å². The van der Waals surface area contributed by atoms with Crippen LogP contribution in [0.15, 0.2) is 24.3 Å². The Hall–Kier alpha value is -1.35. The lowest BCUT2D eigenvalue weighted by Crippen LogP contribution is -2.19. The molecule has 0 radical (unpaired) electrons. The van der Waals surface area contributed by atoms with Gasteiger partial charge < -0.3 is 14.8 Å². The van der Waals surface area contributed by atoms with E-state index in [2.05, 4.69) is 5.32 Å². The SMILES string of the molecule is COc1ccccc1CCNCC=O. The maximum absolute atomic E-state index is 10.1. The van der Waals surface area contributed by atoms with E-state index in [1.165, 1.54) is 0 Å². The summed E-state index contributed by atoms with van der Waals surface area (Å²) < 4.78 is 5.21. The lowest BCUT2D eigenvalue weighted by molar-refractivity contribution is -0.107. The number of carbonyl (C=O) groups is 1. The standard InChI is InChI=1S/C11H15NO2/c1-14-11-5-3-2-4-10(11)6-7-12-8-9-13/h2-5,9,12H,6-8H2,1H3. The molecule has 3 heteroatoms. The van der Waals surface area contributed by atoms with E-state index in [1.807, 2.05) is 24.3 Å². The Morgan fingerprint density at radius 2 is 2.21 bits per heavy atom. The normalized spacial score (nSPS) is 9.79. The van der Waals surface area contributed by atoms with Gasteiger partial charge in [0, 0.05) is 0 Å². The number of methoxy groups -OCH3 is 1. The molecular formula is C11H15NO2. The summed E-state index contributed by atoms with van der Waals surface area (Å²) in [6, 6.07) is 7.90. The second kappa shape index (κ2) is 6.16. The second-order valence-corrected chi connectivity index (χ2v) is 2.93. The minimum absolute atomic E-state index is 0.412. The average Bonchev–Trinajstić information content (AvgIpc) is 2.25. The van der Waals surface area contributed by atoms with E-state index in [0.29, 0.717) is 6.54 Å². The van der Waals surface area contributed by atoms with Crippen molar-refractivity contribution in [1.29, 1.82) is 0 Å². The van der Waals surface area contributed by atoms with Crippen molar-refractivity contribution in [2.45, 2.75) is 6.42 Å². The third-order valence-electron chi connectivity index (χ3n) is 1.99. The van der Waals surface area contributed by atoms with Gasteiger partial charge >= 0.3 is 0 Å². The molecule has 0 aliphatic rings. The first-order valence-electron chi connectivity index (χ1n) is 4.64. The van der Waals surface area contributed by atoms with Crippen LogP contribution in [0.4, 0.5) is 0 Å². The predicted molar refractivity (Wildman–Crippen MR) is 55.6 cm³/mol. The largest absolute Gasteiger partial charge is 0.496 e. The Bertz CT molecular complexity index is 286. The minimum atomic E-state index is 0.412. The van der Waals surface area contributed by atoms with Gasteiger partial charge in [-0.1, -0.05) is 18.2 Å². The van der Waals surface area contributed by atoms with Gasteiger partial charge in [-0.15, -0.1) is 0 Å². The number of carbonyl (C=O) groups excluding carboxylic acids is 1. The average molecular weight is 193 g/mol. The van der Waals surface area contributed by atoms with Crippen molar-refractivity contribution in [3.8, 4) is 5.75 Å². The number of hydrogen-bond donors (Lipinski definition) is 1.